The van der Waals surface area contributed by atoms with Gasteiger partial charge in [0.25, 0.3) is 5.91 Å². The van der Waals surface area contributed by atoms with Gasteiger partial charge in [0.2, 0.25) is 10.0 Å². The number of carbonyl (C=O) groups is 1. The van der Waals surface area contributed by atoms with Crippen LogP contribution in [0.25, 0.3) is 22.3 Å². The summed E-state index contributed by atoms with van der Waals surface area (Å²) in [6.45, 7) is 11.9. The van der Waals surface area contributed by atoms with E-state index in [0.717, 1.165) is 22.9 Å². The van der Waals surface area contributed by atoms with Crippen LogP contribution in [0.4, 0.5) is 5.69 Å². The Kier molecular flexibility index (Phi) is 7.40. The first kappa shape index (κ1) is 28.0. The van der Waals surface area contributed by atoms with Crippen molar-refractivity contribution in [2.45, 2.75) is 53.0 Å². The molecule has 0 radical (unpaired) electrons. The van der Waals surface area contributed by atoms with E-state index in [1.54, 1.807) is 19.1 Å². The van der Waals surface area contributed by atoms with Gasteiger partial charge in [-0.05, 0) is 61.6 Å². The minimum Gasteiger partial charge on any atom is -0.455 e. The number of carbonyl (C=O) groups excluding carboxylic acids is 1. The van der Waals surface area contributed by atoms with E-state index in [1.807, 2.05) is 42.8 Å². The van der Waals surface area contributed by atoms with Crippen molar-refractivity contribution in [3.05, 3.63) is 92.9 Å². The molecule has 4 rings (SSSR count). The molecule has 0 unspecified atom stereocenters. The summed E-state index contributed by atoms with van der Waals surface area (Å²) in [5.74, 6) is -0.337. The Morgan fingerprint density at radius 3 is 2.44 bits per heavy atom. The van der Waals surface area contributed by atoms with Gasteiger partial charge in [0.15, 0.2) is 11.1 Å². The Hall–Kier alpha value is -3.98. The van der Waals surface area contributed by atoms with Crippen molar-refractivity contribution in [3.8, 4) is 11.3 Å². The van der Waals surface area contributed by atoms with Gasteiger partial charge in [-0.1, -0.05) is 45.0 Å². The summed E-state index contributed by atoms with van der Waals surface area (Å²) in [6.07, 6.45) is 2.32. The van der Waals surface area contributed by atoms with Gasteiger partial charge < -0.3 is 9.73 Å². The molecule has 0 aliphatic rings. The lowest BCUT2D eigenvalue weighted by Gasteiger charge is -2.21. The number of pyridine rings is 1. The fraction of sp³-hybridized carbons (Fsp3) is 0.300. The minimum absolute atomic E-state index is 0.0660. The number of benzene rings is 2. The van der Waals surface area contributed by atoms with Gasteiger partial charge in [-0.25, -0.2) is 18.1 Å². The summed E-state index contributed by atoms with van der Waals surface area (Å²) >= 11 is 0. The number of nitrogens with zero attached hydrogens (tertiary/aromatic N) is 1. The highest BCUT2D eigenvalue weighted by Crippen LogP contribution is 2.34. The molecular weight excluding hydrogens is 514 g/mol. The van der Waals surface area contributed by atoms with Crippen molar-refractivity contribution in [2.75, 3.05) is 11.6 Å². The van der Waals surface area contributed by atoms with Crippen LogP contribution in [-0.4, -0.2) is 25.6 Å². The molecule has 0 spiro atoms. The zero-order chi connectivity index (χ0) is 28.7. The van der Waals surface area contributed by atoms with E-state index in [1.165, 1.54) is 6.20 Å². The van der Waals surface area contributed by atoms with E-state index in [4.69, 9.17) is 4.42 Å². The third-order valence-corrected chi connectivity index (χ3v) is 7.08. The number of hydrogen-bond acceptors (Lipinski definition) is 7. The average molecular weight is 548 g/mol. The van der Waals surface area contributed by atoms with Crippen molar-refractivity contribution in [3.63, 3.8) is 0 Å². The van der Waals surface area contributed by atoms with Gasteiger partial charge in [-0.3, -0.25) is 9.59 Å². The van der Waals surface area contributed by atoms with E-state index >= 15 is 0 Å². The van der Waals surface area contributed by atoms with Crippen LogP contribution in [0.1, 0.15) is 66.5 Å². The average Bonchev–Trinajstić information content (AvgIpc) is 2.85. The van der Waals surface area contributed by atoms with Crippen LogP contribution in [0, 0.1) is 13.8 Å². The molecule has 0 saturated carbocycles. The molecular formula is C30H33N3O5S. The summed E-state index contributed by atoms with van der Waals surface area (Å²) in [7, 11) is -3.77. The number of hydrogen-bond donors (Lipinski definition) is 2. The molecule has 2 heterocycles. The number of amides is 1. The Bertz CT molecular complexity index is 1750. The van der Waals surface area contributed by atoms with E-state index in [0.29, 0.717) is 33.5 Å². The third-order valence-electron chi connectivity index (χ3n) is 6.52. The van der Waals surface area contributed by atoms with Crippen LogP contribution < -0.4 is 15.5 Å². The lowest BCUT2D eigenvalue weighted by Crippen LogP contribution is -2.30. The lowest BCUT2D eigenvalue weighted by atomic mass is 9.86. The molecule has 0 fully saturated rings. The van der Waals surface area contributed by atoms with Gasteiger partial charge in [0.05, 0.1) is 23.4 Å². The Balaban J connectivity index is 1.84. The number of anilines is 1. The van der Waals surface area contributed by atoms with Gasteiger partial charge >= 0.3 is 0 Å². The molecule has 2 aromatic heterocycles. The normalized spacial score (nSPS) is 12.8. The first-order valence-corrected chi connectivity index (χ1v) is 14.5. The first-order chi connectivity index (χ1) is 18.2. The topological polar surface area (TPSA) is 118 Å². The molecule has 0 aliphatic carbocycles. The van der Waals surface area contributed by atoms with E-state index < -0.39 is 22.0 Å². The van der Waals surface area contributed by atoms with Crippen LogP contribution in [0.2, 0.25) is 0 Å². The van der Waals surface area contributed by atoms with Gasteiger partial charge in [0, 0.05) is 22.9 Å². The van der Waals surface area contributed by atoms with Crippen molar-refractivity contribution in [1.82, 2.24) is 9.71 Å². The van der Waals surface area contributed by atoms with Crippen LogP contribution in [-0.2, 0) is 15.4 Å². The fourth-order valence-corrected chi connectivity index (χ4v) is 4.96. The largest absolute Gasteiger partial charge is 0.455 e. The number of aromatic nitrogens is 1. The minimum atomic E-state index is -3.77. The highest BCUT2D eigenvalue weighted by Gasteiger charge is 2.22. The standard InChI is InChI=1S/C30H33N3O5S/c1-17-14-22(19(3)32-24-12-9-13-31-25(24)29(35)33-39(7,36)37)28-23(15-17)26(34)18(2)27(38-28)20-10-8-11-21(16-20)30(4,5)6/h8-16,19,32H,1-7H3,(H,33,35)/t19-/m1/s1. The molecule has 9 heteroatoms. The highest BCUT2D eigenvalue weighted by molar-refractivity contribution is 7.89. The monoisotopic (exact) mass is 547 g/mol. The maximum absolute atomic E-state index is 13.6. The number of aryl methyl sites for hydroxylation is 1. The van der Waals surface area contributed by atoms with Crippen molar-refractivity contribution in [1.29, 1.82) is 0 Å². The van der Waals surface area contributed by atoms with E-state index in [-0.39, 0.29) is 16.5 Å². The zero-order valence-electron chi connectivity index (χ0n) is 23.2. The van der Waals surface area contributed by atoms with Crippen LogP contribution in [0.3, 0.4) is 0 Å². The Morgan fingerprint density at radius 1 is 1.05 bits per heavy atom. The number of rotatable bonds is 6. The molecule has 2 aromatic carbocycles. The molecule has 0 saturated heterocycles. The zero-order valence-corrected chi connectivity index (χ0v) is 24.0. The van der Waals surface area contributed by atoms with Crippen molar-refractivity contribution >= 4 is 32.6 Å². The van der Waals surface area contributed by atoms with E-state index in [2.05, 4.69) is 43.2 Å². The molecule has 2 N–H and O–H groups in total. The predicted octanol–water partition coefficient (Wildman–Crippen LogP) is 5.63. The van der Waals surface area contributed by atoms with Crippen LogP contribution in [0.15, 0.2) is 63.9 Å². The Morgan fingerprint density at radius 2 is 1.77 bits per heavy atom. The second-order valence-corrected chi connectivity index (χ2v) is 12.7. The molecule has 0 bridgehead atoms. The number of nitrogens with one attached hydrogen (secondary N) is 2. The molecule has 204 valence electrons. The smallest absolute Gasteiger partial charge is 0.285 e. The third kappa shape index (κ3) is 6.04. The van der Waals surface area contributed by atoms with Gasteiger partial charge in [0.1, 0.15) is 11.3 Å². The van der Waals surface area contributed by atoms with Crippen molar-refractivity contribution < 1.29 is 17.6 Å². The second kappa shape index (κ2) is 10.3. The molecule has 4 aromatic rings. The first-order valence-electron chi connectivity index (χ1n) is 12.6. The van der Waals surface area contributed by atoms with Crippen LogP contribution >= 0.6 is 0 Å². The predicted molar refractivity (Wildman–Crippen MR) is 155 cm³/mol. The molecule has 8 nitrogen and oxygen atoms in total. The maximum atomic E-state index is 13.6. The summed E-state index contributed by atoms with van der Waals surface area (Å²) in [6, 6.07) is 14.6. The molecule has 1 amide bonds. The Labute approximate surface area is 228 Å². The van der Waals surface area contributed by atoms with Gasteiger partial charge in [-0.2, -0.15) is 0 Å². The van der Waals surface area contributed by atoms with Crippen molar-refractivity contribution in [2.24, 2.45) is 0 Å². The number of sulfonamides is 1. The number of fused-ring (bicyclic) bond motifs is 1. The quantitative estimate of drug-likeness (QED) is 0.321. The maximum Gasteiger partial charge on any atom is 0.285 e. The van der Waals surface area contributed by atoms with Gasteiger partial charge in [-0.15, -0.1) is 0 Å². The second-order valence-electron chi connectivity index (χ2n) is 10.9. The SMILES string of the molecule is Cc1cc([C@@H](C)Nc2cccnc2C(=O)NS(C)(=O)=O)c2oc(-c3cccc(C(C)(C)C)c3)c(C)c(=O)c2c1. The summed E-state index contributed by atoms with van der Waals surface area (Å²) < 4.78 is 31.7. The fourth-order valence-electron chi connectivity index (χ4n) is 4.52. The molecule has 39 heavy (non-hydrogen) atoms. The summed E-state index contributed by atoms with van der Waals surface area (Å²) in [5.41, 5.74) is 4.59. The lowest BCUT2D eigenvalue weighted by molar-refractivity contribution is 0.0977. The summed E-state index contributed by atoms with van der Waals surface area (Å²) in [5, 5.41) is 3.72. The molecule has 1 atom stereocenters. The van der Waals surface area contributed by atoms with E-state index in [9.17, 15) is 18.0 Å². The molecule has 0 aliphatic heterocycles. The highest BCUT2D eigenvalue weighted by atomic mass is 32.2. The summed E-state index contributed by atoms with van der Waals surface area (Å²) in [4.78, 5) is 30.2. The van der Waals surface area contributed by atoms with Crippen LogP contribution in [0.5, 0.6) is 0 Å².